The van der Waals surface area contributed by atoms with E-state index in [-0.39, 0.29) is 6.54 Å². The summed E-state index contributed by atoms with van der Waals surface area (Å²) in [6.07, 6.45) is -4.86. The summed E-state index contributed by atoms with van der Waals surface area (Å²) in [5.74, 6) is -0.976. The molecule has 0 radical (unpaired) electrons. The van der Waals surface area contributed by atoms with Crippen LogP contribution in [0.25, 0.3) is 0 Å². The molecule has 0 bridgehead atoms. The van der Waals surface area contributed by atoms with Crippen LogP contribution in [0, 0.1) is 0 Å². The summed E-state index contributed by atoms with van der Waals surface area (Å²) in [5.41, 5.74) is 0. The lowest BCUT2D eigenvalue weighted by Crippen LogP contribution is -2.34. The van der Waals surface area contributed by atoms with Gasteiger partial charge in [0.15, 0.2) is 0 Å². The van der Waals surface area contributed by atoms with Gasteiger partial charge in [0, 0.05) is 13.1 Å². The van der Waals surface area contributed by atoms with E-state index in [2.05, 4.69) is 10.6 Å². The molecule has 0 heterocycles. The average molecular weight is 212 g/mol. The van der Waals surface area contributed by atoms with Crippen molar-refractivity contribution >= 4 is 5.91 Å². The molecule has 0 aliphatic heterocycles. The largest absolute Gasteiger partial charge is 0.397 e. The number of hydrogen-bond donors (Lipinski definition) is 2. The number of alkyl halides is 3. The summed E-state index contributed by atoms with van der Waals surface area (Å²) < 4.78 is 35.0. The Morgan fingerprint density at radius 1 is 1.21 bits per heavy atom. The first-order valence-corrected chi connectivity index (χ1v) is 4.50. The fourth-order valence-electron chi connectivity index (χ4n) is 0.837. The van der Waals surface area contributed by atoms with Crippen LogP contribution in [0.2, 0.25) is 0 Å². The van der Waals surface area contributed by atoms with Crippen molar-refractivity contribution in [1.82, 2.24) is 10.6 Å². The minimum Gasteiger partial charge on any atom is -0.355 e. The maximum absolute atomic E-state index is 11.7. The number of carbonyl (C=O) groups is 1. The SMILES string of the molecule is CCCNCCNC(=O)CC(F)(F)F. The van der Waals surface area contributed by atoms with Crippen LogP contribution in [-0.2, 0) is 4.79 Å². The van der Waals surface area contributed by atoms with Gasteiger partial charge in [-0.2, -0.15) is 13.2 Å². The van der Waals surface area contributed by atoms with Crippen molar-refractivity contribution in [2.24, 2.45) is 0 Å². The lowest BCUT2D eigenvalue weighted by atomic mass is 10.4. The minimum absolute atomic E-state index is 0.231. The quantitative estimate of drug-likeness (QED) is 0.646. The Hall–Kier alpha value is -0.780. The molecule has 0 unspecified atom stereocenters. The molecule has 0 fully saturated rings. The van der Waals surface area contributed by atoms with Crippen molar-refractivity contribution in [3.05, 3.63) is 0 Å². The zero-order valence-corrected chi connectivity index (χ0v) is 8.08. The zero-order valence-electron chi connectivity index (χ0n) is 8.08. The van der Waals surface area contributed by atoms with E-state index in [1.54, 1.807) is 0 Å². The summed E-state index contributed by atoms with van der Waals surface area (Å²) in [5, 5.41) is 5.13. The van der Waals surface area contributed by atoms with Crippen LogP contribution >= 0.6 is 0 Å². The lowest BCUT2D eigenvalue weighted by Gasteiger charge is -2.07. The number of amides is 1. The van der Waals surface area contributed by atoms with Gasteiger partial charge in [-0.15, -0.1) is 0 Å². The molecule has 0 rings (SSSR count). The van der Waals surface area contributed by atoms with Crippen LogP contribution in [0.1, 0.15) is 19.8 Å². The molecule has 0 saturated carbocycles. The van der Waals surface area contributed by atoms with Gasteiger partial charge >= 0.3 is 6.18 Å². The second kappa shape index (κ2) is 6.64. The van der Waals surface area contributed by atoms with Crippen LogP contribution in [0.5, 0.6) is 0 Å². The van der Waals surface area contributed by atoms with Gasteiger partial charge < -0.3 is 10.6 Å². The highest BCUT2D eigenvalue weighted by molar-refractivity contribution is 5.76. The number of rotatable bonds is 6. The molecular formula is C8H15F3N2O. The predicted octanol–water partition coefficient (Wildman–Crippen LogP) is 1.05. The summed E-state index contributed by atoms with van der Waals surface area (Å²) in [6, 6.07) is 0. The molecule has 0 spiro atoms. The van der Waals surface area contributed by atoms with Gasteiger partial charge in [0.25, 0.3) is 0 Å². The Morgan fingerprint density at radius 2 is 1.86 bits per heavy atom. The van der Waals surface area contributed by atoms with Crippen molar-refractivity contribution in [2.75, 3.05) is 19.6 Å². The second-order valence-electron chi connectivity index (χ2n) is 2.89. The lowest BCUT2D eigenvalue weighted by molar-refractivity contribution is -0.153. The topological polar surface area (TPSA) is 41.1 Å². The summed E-state index contributed by atoms with van der Waals surface area (Å²) in [4.78, 5) is 10.6. The van der Waals surface area contributed by atoms with Gasteiger partial charge in [-0.1, -0.05) is 6.92 Å². The van der Waals surface area contributed by atoms with Crippen LogP contribution in [0.15, 0.2) is 0 Å². The van der Waals surface area contributed by atoms with Crippen LogP contribution in [-0.4, -0.2) is 31.7 Å². The van der Waals surface area contributed by atoms with Gasteiger partial charge in [-0.3, -0.25) is 4.79 Å². The first kappa shape index (κ1) is 13.2. The standard InChI is InChI=1S/C8H15F3N2O/c1-2-3-12-4-5-13-7(14)6-8(9,10)11/h12H,2-6H2,1H3,(H,13,14). The Morgan fingerprint density at radius 3 is 2.36 bits per heavy atom. The molecule has 2 N–H and O–H groups in total. The highest BCUT2D eigenvalue weighted by atomic mass is 19.4. The Bertz CT molecular complexity index is 170. The molecular weight excluding hydrogens is 197 g/mol. The van der Waals surface area contributed by atoms with E-state index in [1.807, 2.05) is 6.92 Å². The van der Waals surface area contributed by atoms with Gasteiger partial charge in [-0.05, 0) is 13.0 Å². The number of carbonyl (C=O) groups excluding carboxylic acids is 1. The predicted molar refractivity (Wildman–Crippen MR) is 46.8 cm³/mol. The molecule has 84 valence electrons. The molecule has 6 heteroatoms. The fraction of sp³-hybridized carbons (Fsp3) is 0.875. The van der Waals surface area contributed by atoms with E-state index in [9.17, 15) is 18.0 Å². The van der Waals surface area contributed by atoms with Crippen molar-refractivity contribution in [2.45, 2.75) is 25.9 Å². The second-order valence-corrected chi connectivity index (χ2v) is 2.89. The normalized spacial score (nSPS) is 11.4. The molecule has 0 aromatic rings. The van der Waals surface area contributed by atoms with Crippen LogP contribution in [0.4, 0.5) is 13.2 Å². The summed E-state index contributed by atoms with van der Waals surface area (Å²) in [7, 11) is 0. The molecule has 0 saturated heterocycles. The first-order valence-electron chi connectivity index (χ1n) is 4.50. The Labute approximate surface area is 81.1 Å². The maximum atomic E-state index is 11.7. The number of halogens is 3. The molecule has 0 aliphatic rings. The van der Waals surface area contributed by atoms with Gasteiger partial charge in [0.1, 0.15) is 6.42 Å². The average Bonchev–Trinajstić information content (AvgIpc) is 2.00. The van der Waals surface area contributed by atoms with Crippen molar-refractivity contribution in [3.63, 3.8) is 0 Å². The van der Waals surface area contributed by atoms with E-state index in [0.29, 0.717) is 6.54 Å². The number of nitrogens with one attached hydrogen (secondary N) is 2. The third kappa shape index (κ3) is 9.31. The summed E-state index contributed by atoms with van der Waals surface area (Å²) in [6.45, 7) is 3.51. The highest BCUT2D eigenvalue weighted by Gasteiger charge is 2.30. The third-order valence-corrected chi connectivity index (χ3v) is 1.41. The minimum atomic E-state index is -4.42. The number of hydrogen-bond acceptors (Lipinski definition) is 2. The first-order chi connectivity index (χ1) is 6.45. The fourth-order valence-corrected chi connectivity index (χ4v) is 0.837. The Kier molecular flexibility index (Phi) is 6.27. The van der Waals surface area contributed by atoms with E-state index in [0.717, 1.165) is 13.0 Å². The molecule has 3 nitrogen and oxygen atoms in total. The smallest absolute Gasteiger partial charge is 0.355 e. The van der Waals surface area contributed by atoms with Gasteiger partial charge in [0.2, 0.25) is 5.91 Å². The van der Waals surface area contributed by atoms with E-state index in [4.69, 9.17) is 0 Å². The third-order valence-electron chi connectivity index (χ3n) is 1.41. The van der Waals surface area contributed by atoms with Crippen LogP contribution in [0.3, 0.4) is 0 Å². The maximum Gasteiger partial charge on any atom is 0.397 e. The van der Waals surface area contributed by atoms with Gasteiger partial charge in [0.05, 0.1) is 0 Å². The molecule has 0 aromatic carbocycles. The Balaban J connectivity index is 3.36. The monoisotopic (exact) mass is 212 g/mol. The van der Waals surface area contributed by atoms with Gasteiger partial charge in [-0.25, -0.2) is 0 Å². The van der Waals surface area contributed by atoms with E-state index in [1.165, 1.54) is 0 Å². The van der Waals surface area contributed by atoms with E-state index >= 15 is 0 Å². The molecule has 0 aromatic heterocycles. The van der Waals surface area contributed by atoms with Crippen molar-refractivity contribution in [3.8, 4) is 0 Å². The van der Waals surface area contributed by atoms with Crippen molar-refractivity contribution in [1.29, 1.82) is 0 Å². The molecule has 0 aliphatic carbocycles. The molecule has 1 amide bonds. The van der Waals surface area contributed by atoms with E-state index < -0.39 is 18.5 Å². The summed E-state index contributed by atoms with van der Waals surface area (Å²) >= 11 is 0. The van der Waals surface area contributed by atoms with Crippen LogP contribution < -0.4 is 10.6 Å². The molecule has 0 atom stereocenters. The zero-order chi connectivity index (χ0) is 11.0. The highest BCUT2D eigenvalue weighted by Crippen LogP contribution is 2.18. The molecule has 14 heavy (non-hydrogen) atoms. The van der Waals surface area contributed by atoms with Crippen molar-refractivity contribution < 1.29 is 18.0 Å².